The van der Waals surface area contributed by atoms with Crippen LogP contribution in [0.25, 0.3) is 0 Å². The molecular weight excluding hydrogens is 376 g/mol. The number of benzene rings is 1. The van der Waals surface area contributed by atoms with Crippen molar-refractivity contribution in [2.45, 2.75) is 52.0 Å². The number of rotatable bonds is 7. The molecule has 2 atom stereocenters. The van der Waals surface area contributed by atoms with Crippen LogP contribution in [0.4, 0.5) is 0 Å². The second-order valence-corrected chi connectivity index (χ2v) is 9.91. The molecule has 3 fully saturated rings. The van der Waals surface area contributed by atoms with Crippen LogP contribution in [-0.2, 0) is 17.8 Å². The third-order valence-corrected chi connectivity index (χ3v) is 7.17. The molecule has 0 spiro atoms. The first-order chi connectivity index (χ1) is 14.5. The Labute approximate surface area is 178 Å². The SMILES string of the molecule is CC(C)C(=O)N1C[C@@H]2CN(Cc3nc(C4CC4)no3)C[C@]2(CCc2ccccc2)C1. The average Bonchev–Trinajstić information content (AvgIpc) is 3.25. The van der Waals surface area contributed by atoms with Crippen LogP contribution in [-0.4, -0.2) is 52.0 Å². The number of fused-ring (bicyclic) bond motifs is 1. The largest absolute Gasteiger partial charge is 0.342 e. The monoisotopic (exact) mass is 408 g/mol. The fraction of sp³-hybridized carbons (Fsp3) is 0.625. The van der Waals surface area contributed by atoms with Crippen LogP contribution >= 0.6 is 0 Å². The Bertz CT molecular complexity index is 892. The molecule has 2 aromatic rings. The van der Waals surface area contributed by atoms with Gasteiger partial charge in [0.25, 0.3) is 0 Å². The van der Waals surface area contributed by atoms with Gasteiger partial charge in [-0.3, -0.25) is 9.69 Å². The van der Waals surface area contributed by atoms with Gasteiger partial charge in [0.15, 0.2) is 5.82 Å². The molecule has 2 saturated heterocycles. The highest BCUT2D eigenvalue weighted by Gasteiger charge is 2.53. The lowest BCUT2D eigenvalue weighted by atomic mass is 9.76. The van der Waals surface area contributed by atoms with Gasteiger partial charge < -0.3 is 9.42 Å². The fourth-order valence-electron chi connectivity index (χ4n) is 5.37. The quantitative estimate of drug-likeness (QED) is 0.702. The van der Waals surface area contributed by atoms with Crippen LogP contribution < -0.4 is 0 Å². The van der Waals surface area contributed by atoms with Crippen molar-refractivity contribution in [1.29, 1.82) is 0 Å². The maximum Gasteiger partial charge on any atom is 0.240 e. The van der Waals surface area contributed by atoms with Gasteiger partial charge in [-0.05, 0) is 37.2 Å². The van der Waals surface area contributed by atoms with Crippen molar-refractivity contribution in [2.24, 2.45) is 17.3 Å². The third-order valence-electron chi connectivity index (χ3n) is 7.17. The number of aromatic nitrogens is 2. The zero-order valence-electron chi connectivity index (χ0n) is 18.1. The van der Waals surface area contributed by atoms with Crippen molar-refractivity contribution >= 4 is 5.91 Å². The molecule has 6 heteroatoms. The van der Waals surface area contributed by atoms with Gasteiger partial charge in [-0.25, -0.2) is 0 Å². The third kappa shape index (κ3) is 3.89. The van der Waals surface area contributed by atoms with E-state index in [1.807, 2.05) is 13.8 Å². The first kappa shape index (κ1) is 19.7. The van der Waals surface area contributed by atoms with Crippen LogP contribution in [0.3, 0.4) is 0 Å². The second kappa shape index (κ2) is 7.80. The molecule has 0 bridgehead atoms. The summed E-state index contributed by atoms with van der Waals surface area (Å²) in [6.07, 6.45) is 4.54. The lowest BCUT2D eigenvalue weighted by molar-refractivity contribution is -0.134. The fourth-order valence-corrected chi connectivity index (χ4v) is 5.37. The van der Waals surface area contributed by atoms with E-state index in [1.165, 1.54) is 18.4 Å². The predicted molar refractivity (Wildman–Crippen MR) is 114 cm³/mol. The van der Waals surface area contributed by atoms with Crippen molar-refractivity contribution in [3.63, 3.8) is 0 Å². The minimum atomic E-state index is 0.0605. The van der Waals surface area contributed by atoms with Gasteiger partial charge in [-0.2, -0.15) is 4.98 Å². The van der Waals surface area contributed by atoms with Crippen LogP contribution in [0.5, 0.6) is 0 Å². The summed E-state index contributed by atoms with van der Waals surface area (Å²) >= 11 is 0. The Morgan fingerprint density at radius 1 is 1.20 bits per heavy atom. The smallest absolute Gasteiger partial charge is 0.240 e. The number of carbonyl (C=O) groups excluding carboxylic acids is 1. The molecule has 1 aliphatic carbocycles. The summed E-state index contributed by atoms with van der Waals surface area (Å²) in [5, 5.41) is 4.17. The molecule has 3 aliphatic rings. The molecule has 1 saturated carbocycles. The number of amides is 1. The van der Waals surface area contributed by atoms with E-state index in [1.54, 1.807) is 0 Å². The highest BCUT2D eigenvalue weighted by molar-refractivity contribution is 5.78. The number of carbonyl (C=O) groups is 1. The lowest BCUT2D eigenvalue weighted by Gasteiger charge is -2.30. The number of aryl methyl sites for hydroxylation is 1. The Morgan fingerprint density at radius 3 is 2.73 bits per heavy atom. The van der Waals surface area contributed by atoms with Crippen molar-refractivity contribution < 1.29 is 9.32 Å². The standard InChI is InChI=1S/C24H32N4O2/c1-17(2)23(29)28-13-20-12-27(14-21-25-22(26-30-21)19-8-9-19)15-24(20,16-28)11-10-18-6-4-3-5-7-18/h3-7,17,19-20H,8-16H2,1-2H3/t20-,24+/m0/s1. The van der Waals surface area contributed by atoms with Gasteiger partial charge in [-0.1, -0.05) is 49.3 Å². The summed E-state index contributed by atoms with van der Waals surface area (Å²) in [5.41, 5.74) is 1.53. The summed E-state index contributed by atoms with van der Waals surface area (Å²) < 4.78 is 5.54. The number of nitrogens with zero attached hydrogens (tertiary/aromatic N) is 4. The normalized spacial score (nSPS) is 26.5. The first-order valence-electron chi connectivity index (χ1n) is 11.4. The molecule has 5 rings (SSSR count). The predicted octanol–water partition coefficient (Wildman–Crippen LogP) is 3.50. The molecule has 30 heavy (non-hydrogen) atoms. The highest BCUT2D eigenvalue weighted by Crippen LogP contribution is 2.46. The molecule has 1 aromatic carbocycles. The van der Waals surface area contributed by atoms with Gasteiger partial charge in [0.2, 0.25) is 11.8 Å². The van der Waals surface area contributed by atoms with Gasteiger partial charge in [0.05, 0.1) is 6.54 Å². The minimum Gasteiger partial charge on any atom is -0.342 e. The summed E-state index contributed by atoms with van der Waals surface area (Å²) in [7, 11) is 0. The van der Waals surface area contributed by atoms with Crippen LogP contribution in [0.2, 0.25) is 0 Å². The van der Waals surface area contributed by atoms with E-state index in [0.29, 0.717) is 17.7 Å². The lowest BCUT2D eigenvalue weighted by Crippen LogP contribution is -2.38. The van der Waals surface area contributed by atoms with E-state index in [-0.39, 0.29) is 11.3 Å². The van der Waals surface area contributed by atoms with E-state index in [9.17, 15) is 4.79 Å². The van der Waals surface area contributed by atoms with Crippen LogP contribution in [0, 0.1) is 17.3 Å². The van der Waals surface area contributed by atoms with E-state index in [0.717, 1.165) is 57.3 Å². The summed E-state index contributed by atoms with van der Waals surface area (Å²) in [5.74, 6) is 3.01. The number of likely N-dealkylation sites (tertiary alicyclic amines) is 2. The maximum absolute atomic E-state index is 12.7. The molecule has 3 heterocycles. The zero-order valence-corrected chi connectivity index (χ0v) is 18.1. The summed E-state index contributed by atoms with van der Waals surface area (Å²) in [4.78, 5) is 21.9. The minimum absolute atomic E-state index is 0.0605. The maximum atomic E-state index is 12.7. The number of hydrogen-bond acceptors (Lipinski definition) is 5. The van der Waals surface area contributed by atoms with Gasteiger partial charge in [0, 0.05) is 43.4 Å². The Balaban J connectivity index is 1.29. The molecule has 0 N–H and O–H groups in total. The van der Waals surface area contributed by atoms with Crippen molar-refractivity contribution in [3.8, 4) is 0 Å². The molecular formula is C24H32N4O2. The first-order valence-corrected chi connectivity index (χ1v) is 11.4. The summed E-state index contributed by atoms with van der Waals surface area (Å²) in [6.45, 7) is 8.47. The van der Waals surface area contributed by atoms with Crippen LogP contribution in [0.1, 0.15) is 56.3 Å². The average molecular weight is 409 g/mol. The molecule has 160 valence electrons. The summed E-state index contributed by atoms with van der Waals surface area (Å²) in [6, 6.07) is 10.7. The highest BCUT2D eigenvalue weighted by atomic mass is 16.5. The van der Waals surface area contributed by atoms with Crippen molar-refractivity contribution in [1.82, 2.24) is 19.9 Å². The Morgan fingerprint density at radius 2 is 2.00 bits per heavy atom. The Hall–Kier alpha value is -2.21. The molecule has 0 radical (unpaired) electrons. The van der Waals surface area contributed by atoms with E-state index < -0.39 is 0 Å². The molecule has 6 nitrogen and oxygen atoms in total. The van der Waals surface area contributed by atoms with Gasteiger partial charge in [0.1, 0.15) is 0 Å². The molecule has 1 amide bonds. The van der Waals surface area contributed by atoms with E-state index >= 15 is 0 Å². The topological polar surface area (TPSA) is 62.5 Å². The van der Waals surface area contributed by atoms with E-state index in [2.05, 4.69) is 50.3 Å². The number of hydrogen-bond donors (Lipinski definition) is 0. The zero-order chi connectivity index (χ0) is 20.7. The molecule has 2 aliphatic heterocycles. The van der Waals surface area contributed by atoms with Crippen molar-refractivity contribution in [2.75, 3.05) is 26.2 Å². The molecule has 1 aromatic heterocycles. The Kier molecular flexibility index (Phi) is 5.13. The van der Waals surface area contributed by atoms with E-state index in [4.69, 9.17) is 4.52 Å². The van der Waals surface area contributed by atoms with Crippen molar-refractivity contribution in [3.05, 3.63) is 47.6 Å². The molecule has 0 unspecified atom stereocenters. The van der Waals surface area contributed by atoms with Crippen LogP contribution in [0.15, 0.2) is 34.9 Å². The second-order valence-electron chi connectivity index (χ2n) is 9.91. The van der Waals surface area contributed by atoms with Gasteiger partial charge in [-0.15, -0.1) is 0 Å². The van der Waals surface area contributed by atoms with Gasteiger partial charge >= 0.3 is 0 Å².